The Kier molecular flexibility index (Phi) is 20.1. The van der Waals surface area contributed by atoms with Gasteiger partial charge in [-0.15, -0.1) is 0 Å². The van der Waals surface area contributed by atoms with Gasteiger partial charge in [0.2, 0.25) is 23.6 Å². The molecule has 9 heterocycles. The molecule has 97 heavy (non-hydrogen) atoms. The molecule has 0 fully saturated rings. The van der Waals surface area contributed by atoms with Gasteiger partial charge in [0.05, 0.1) is 53.9 Å². The third-order valence-corrected chi connectivity index (χ3v) is 14.9. The quantitative estimate of drug-likeness (QED) is 0.0561. The van der Waals surface area contributed by atoms with Crippen molar-refractivity contribution < 1.29 is 38.9 Å². The Hall–Kier alpha value is -13.2. The van der Waals surface area contributed by atoms with Crippen molar-refractivity contribution in [1.29, 1.82) is 0 Å². The van der Waals surface area contributed by atoms with Gasteiger partial charge >= 0.3 is 0 Å². The van der Waals surface area contributed by atoms with Crippen molar-refractivity contribution in [2.75, 3.05) is 21.3 Å². The van der Waals surface area contributed by atoms with Gasteiger partial charge in [-0.2, -0.15) is 0 Å². The van der Waals surface area contributed by atoms with Crippen LogP contribution in [0.25, 0.3) is 82.6 Å². The Morgan fingerprint density at radius 1 is 0.423 bits per heavy atom. The van der Waals surface area contributed by atoms with Crippen molar-refractivity contribution >= 4 is 163 Å². The van der Waals surface area contributed by atoms with Gasteiger partial charge in [-0.1, -0.05) is 35.4 Å². The number of aromatic nitrogens is 9. The van der Waals surface area contributed by atoms with E-state index in [1.54, 1.807) is 55.2 Å². The van der Waals surface area contributed by atoms with Gasteiger partial charge in [0.25, 0.3) is 22.7 Å². The Labute approximate surface area is 556 Å². The van der Waals surface area contributed by atoms with Crippen LogP contribution in [0.2, 0.25) is 10.3 Å². The van der Waals surface area contributed by atoms with E-state index in [2.05, 4.69) is 68.3 Å². The lowest BCUT2D eigenvalue weighted by molar-refractivity contribution is -0.384. The molecule has 0 radical (unpaired) electrons. The number of nitrogens with one attached hydrogen (secondary N) is 4. The third-order valence-electron chi connectivity index (χ3n) is 14.5. The number of nitro groups is 4. The number of nitrogens with zero attached hydrogens (tertiary/aromatic N) is 13. The summed E-state index contributed by atoms with van der Waals surface area (Å²) < 4.78 is 3.69. The Bertz CT molecular complexity index is 5300. The first kappa shape index (κ1) is 66.8. The molecule has 14 rings (SSSR count). The fourth-order valence-electron chi connectivity index (χ4n) is 10.3. The molecule has 29 nitrogen and oxygen atoms in total. The number of hydrogen-bond acceptors (Lipinski definition) is 19. The first-order chi connectivity index (χ1) is 46.5. The topological polar surface area (TPSA) is 389 Å². The second-order valence-corrected chi connectivity index (χ2v) is 21.8. The second kappa shape index (κ2) is 29.2. The lowest BCUT2D eigenvalue weighted by Crippen LogP contribution is -2.09. The molecule has 484 valence electrons. The zero-order chi connectivity index (χ0) is 69.2. The molecule has 4 N–H and O–H groups in total. The second-order valence-electron chi connectivity index (χ2n) is 21.0. The molecule has 0 atom stereocenters. The standard InChI is InChI=1S/2C18H13N5O3.2C11H8ClN3O3.C8H7N/c1-11(24)21-15-2-3-16(23(25)26)14-9-20-18(8-13(14)15)22-7-5-12-4-6-19-10-17(12)22;1-11(24)21-18-14-8-17(20-9-13(14)2-3-15(18)23(25)26)22-7-5-12-4-6-19-10-16(12)22;1-6(16)14-9-2-3-10(15(17)18)8-5-13-11(12)4-7(8)9;1-6(16)14-11-8-4-10(12)13-5-7(8)2-3-9(11)15(17)18;1-2-7-4-5-9-6-8(7)3-1/h2*2-10H,1H3,(H,21,24);2*2-5H,1H3,(H,14,16);1-2,4-6H,3H2. The van der Waals surface area contributed by atoms with Gasteiger partial charge in [-0.3, -0.25) is 83.7 Å². The van der Waals surface area contributed by atoms with Crippen LogP contribution in [0.5, 0.6) is 0 Å². The van der Waals surface area contributed by atoms with Crippen molar-refractivity contribution in [2.24, 2.45) is 0 Å². The lowest BCUT2D eigenvalue weighted by Gasteiger charge is -2.10. The fraction of sp³-hybridized carbons (Fsp3) is 0.0758. The number of carbonyl (C=O) groups excluding carboxylic acids is 4. The van der Waals surface area contributed by atoms with Crippen LogP contribution in [0.3, 0.4) is 0 Å². The molecular weight excluding hydrogens is 1290 g/mol. The highest BCUT2D eigenvalue weighted by Crippen LogP contribution is 2.38. The maximum atomic E-state index is 11.6. The Balaban J connectivity index is 0.000000136. The number of benzene rings is 4. The maximum Gasteiger partial charge on any atom is 0.293 e. The monoisotopic (exact) mass is 1340 g/mol. The number of amides is 4. The fourth-order valence-corrected chi connectivity index (χ4v) is 10.6. The van der Waals surface area contributed by atoms with Gasteiger partial charge in [0, 0.05) is 168 Å². The highest BCUT2D eigenvalue weighted by atomic mass is 35.5. The van der Waals surface area contributed by atoms with Gasteiger partial charge in [0.1, 0.15) is 33.3 Å². The summed E-state index contributed by atoms with van der Waals surface area (Å²) in [4.78, 5) is 117. The highest BCUT2D eigenvalue weighted by molar-refractivity contribution is 6.31. The summed E-state index contributed by atoms with van der Waals surface area (Å²) >= 11 is 11.5. The number of nitro benzene ring substituents is 4. The molecule has 0 unspecified atom stereocenters. The molecule has 4 aromatic carbocycles. The SMILES string of the molecule is C1=Cc2ccncc2C1.CC(=O)Nc1c([N+](=O)[O-])ccc2cnc(-n3ccc4ccncc43)cc12.CC(=O)Nc1c([N+](=O)[O-])ccc2cnc(Cl)cc12.CC(=O)Nc1ccc([N+](=O)[O-])c2cnc(-n3ccc4ccncc43)cc12.CC(=O)Nc1ccc([N+](=O)[O-])c2cnc(Cl)cc12. The zero-order valence-corrected chi connectivity index (χ0v) is 52.6. The van der Waals surface area contributed by atoms with E-state index >= 15 is 0 Å². The summed E-state index contributed by atoms with van der Waals surface area (Å²) in [5.41, 5.74) is 5.18. The predicted molar refractivity (Wildman–Crippen MR) is 367 cm³/mol. The molecule has 13 aromatic rings. The van der Waals surface area contributed by atoms with Crippen LogP contribution >= 0.6 is 23.2 Å². The summed E-state index contributed by atoms with van der Waals surface area (Å²) in [5.74, 6) is -0.138. The number of non-ortho nitro benzene ring substituents is 2. The van der Waals surface area contributed by atoms with E-state index in [1.807, 2.05) is 64.3 Å². The minimum absolute atomic E-state index is 0.0628. The van der Waals surface area contributed by atoms with Gasteiger partial charge in [-0.25, -0.2) is 19.9 Å². The number of anilines is 4. The third kappa shape index (κ3) is 15.3. The van der Waals surface area contributed by atoms with Crippen molar-refractivity contribution in [2.45, 2.75) is 34.1 Å². The summed E-state index contributed by atoms with van der Waals surface area (Å²) in [5, 5.41) is 61.4. The Morgan fingerprint density at radius 3 is 1.31 bits per heavy atom. The highest BCUT2D eigenvalue weighted by Gasteiger charge is 2.22. The summed E-state index contributed by atoms with van der Waals surface area (Å²) in [6.07, 6.45) is 25.6. The van der Waals surface area contributed by atoms with E-state index in [-0.39, 0.29) is 62.2 Å². The minimum Gasteiger partial charge on any atom is -0.326 e. The van der Waals surface area contributed by atoms with E-state index in [1.165, 1.54) is 106 Å². The van der Waals surface area contributed by atoms with Crippen molar-refractivity contribution in [1.82, 2.24) is 44.0 Å². The summed E-state index contributed by atoms with van der Waals surface area (Å²) in [6, 6.07) is 27.6. The average molecular weight is 1340 g/mol. The van der Waals surface area contributed by atoms with Gasteiger partial charge in [0.15, 0.2) is 0 Å². The van der Waals surface area contributed by atoms with E-state index in [0.717, 1.165) is 28.2 Å². The first-order valence-corrected chi connectivity index (χ1v) is 29.4. The van der Waals surface area contributed by atoms with Crippen LogP contribution < -0.4 is 21.3 Å². The molecule has 1 aliphatic rings. The molecule has 0 bridgehead atoms. The number of fused-ring (bicyclic) bond motifs is 7. The molecule has 9 aromatic heterocycles. The number of halogens is 2. The summed E-state index contributed by atoms with van der Waals surface area (Å²) in [6.45, 7) is 5.34. The first-order valence-electron chi connectivity index (χ1n) is 28.7. The van der Waals surface area contributed by atoms with E-state index in [4.69, 9.17) is 23.2 Å². The van der Waals surface area contributed by atoms with Crippen molar-refractivity contribution in [3.8, 4) is 11.6 Å². The molecule has 4 amide bonds. The number of carbonyl (C=O) groups is 4. The Morgan fingerprint density at radius 2 is 0.825 bits per heavy atom. The van der Waals surface area contributed by atoms with Crippen LogP contribution in [0.15, 0.2) is 184 Å². The predicted octanol–water partition coefficient (Wildman–Crippen LogP) is 14.0. The van der Waals surface area contributed by atoms with Crippen LogP contribution in [-0.4, -0.2) is 87.3 Å². The largest absolute Gasteiger partial charge is 0.326 e. The van der Waals surface area contributed by atoms with E-state index in [0.29, 0.717) is 66.1 Å². The lowest BCUT2D eigenvalue weighted by atomic mass is 10.1. The molecule has 0 spiro atoms. The van der Waals surface area contributed by atoms with E-state index in [9.17, 15) is 59.6 Å². The van der Waals surface area contributed by atoms with E-state index < -0.39 is 25.6 Å². The molecule has 0 saturated carbocycles. The van der Waals surface area contributed by atoms with Crippen LogP contribution in [0.4, 0.5) is 45.5 Å². The van der Waals surface area contributed by atoms with Crippen LogP contribution in [0, 0.1) is 40.5 Å². The van der Waals surface area contributed by atoms with Crippen LogP contribution in [0.1, 0.15) is 38.8 Å². The molecular formula is C66H49Cl2N17O12. The summed E-state index contributed by atoms with van der Waals surface area (Å²) in [7, 11) is 0. The zero-order valence-electron chi connectivity index (χ0n) is 51.1. The average Bonchev–Trinajstić information content (AvgIpc) is 1.77. The number of hydrogen-bond donors (Lipinski definition) is 4. The molecule has 1 aliphatic carbocycles. The number of pyridine rings is 7. The maximum absolute atomic E-state index is 11.6. The van der Waals surface area contributed by atoms with Crippen LogP contribution in [-0.2, 0) is 25.6 Å². The van der Waals surface area contributed by atoms with Gasteiger partial charge < -0.3 is 21.3 Å². The number of allylic oxidation sites excluding steroid dienone is 1. The molecule has 0 saturated heterocycles. The van der Waals surface area contributed by atoms with Crippen molar-refractivity contribution in [3.05, 3.63) is 245 Å². The number of rotatable bonds is 10. The molecule has 31 heteroatoms. The molecule has 0 aliphatic heterocycles. The minimum atomic E-state index is -0.557. The smallest absolute Gasteiger partial charge is 0.293 e. The van der Waals surface area contributed by atoms with Gasteiger partial charge in [-0.05, 0) is 96.4 Å². The van der Waals surface area contributed by atoms with Crippen molar-refractivity contribution in [3.63, 3.8) is 0 Å². The normalized spacial score (nSPS) is 11.0.